The summed E-state index contributed by atoms with van der Waals surface area (Å²) in [6.07, 6.45) is 1.46. The molecule has 0 atom stereocenters. The van der Waals surface area contributed by atoms with Crippen LogP contribution >= 0.6 is 0 Å². The molecule has 1 aliphatic heterocycles. The van der Waals surface area contributed by atoms with E-state index in [9.17, 15) is 8.42 Å². The van der Waals surface area contributed by atoms with Crippen molar-refractivity contribution in [3.05, 3.63) is 29.8 Å². The van der Waals surface area contributed by atoms with Crippen molar-refractivity contribution < 1.29 is 13.2 Å². The van der Waals surface area contributed by atoms with Crippen LogP contribution in [-0.4, -0.2) is 33.7 Å². The van der Waals surface area contributed by atoms with E-state index in [0.29, 0.717) is 30.7 Å². The van der Waals surface area contributed by atoms with E-state index in [0.717, 1.165) is 18.4 Å². The number of nitrogens with one attached hydrogen (secondary N) is 2. The number of ether oxygens (including phenoxy) is 1. The molecule has 0 unspecified atom stereocenters. The Balaban J connectivity index is 2.06. The van der Waals surface area contributed by atoms with Gasteiger partial charge in [-0.1, -0.05) is 26.0 Å². The van der Waals surface area contributed by atoms with Gasteiger partial charge in [-0.25, -0.2) is 13.1 Å². The molecule has 1 aromatic carbocycles. The Labute approximate surface area is 127 Å². The summed E-state index contributed by atoms with van der Waals surface area (Å²) < 4.78 is 32.9. The summed E-state index contributed by atoms with van der Waals surface area (Å²) in [5.41, 5.74) is 0.971. The second kappa shape index (κ2) is 7.35. The third-order valence-corrected chi connectivity index (χ3v) is 4.98. The van der Waals surface area contributed by atoms with Crippen LogP contribution in [0.2, 0.25) is 0 Å². The number of sulfonamides is 1. The van der Waals surface area contributed by atoms with Gasteiger partial charge in [-0.2, -0.15) is 0 Å². The molecule has 2 N–H and O–H groups in total. The Bertz CT molecular complexity index is 552. The van der Waals surface area contributed by atoms with E-state index in [1.54, 1.807) is 18.2 Å². The lowest BCUT2D eigenvalue weighted by molar-refractivity contribution is 0.0832. The van der Waals surface area contributed by atoms with Gasteiger partial charge in [0.05, 0.1) is 4.90 Å². The normalized spacial score (nSPS) is 17.3. The van der Waals surface area contributed by atoms with Crippen LogP contribution in [0.25, 0.3) is 0 Å². The molecule has 1 heterocycles. The lowest BCUT2D eigenvalue weighted by Gasteiger charge is -2.23. The van der Waals surface area contributed by atoms with Crippen LogP contribution in [0.5, 0.6) is 0 Å². The van der Waals surface area contributed by atoms with E-state index < -0.39 is 10.0 Å². The predicted octanol–water partition coefficient (Wildman–Crippen LogP) is 1.64. The molecule has 0 radical (unpaired) electrons. The molecule has 21 heavy (non-hydrogen) atoms. The fourth-order valence-corrected chi connectivity index (χ4v) is 3.62. The summed E-state index contributed by atoms with van der Waals surface area (Å²) >= 11 is 0. The highest BCUT2D eigenvalue weighted by Crippen LogP contribution is 2.15. The van der Waals surface area contributed by atoms with Crippen molar-refractivity contribution in [2.24, 2.45) is 0 Å². The first-order chi connectivity index (χ1) is 9.97. The topological polar surface area (TPSA) is 67.4 Å². The van der Waals surface area contributed by atoms with E-state index in [-0.39, 0.29) is 6.04 Å². The molecule has 0 aromatic heterocycles. The first-order valence-electron chi connectivity index (χ1n) is 7.40. The largest absolute Gasteiger partial charge is 0.381 e. The predicted molar refractivity (Wildman–Crippen MR) is 82.6 cm³/mol. The van der Waals surface area contributed by atoms with Gasteiger partial charge in [-0.15, -0.1) is 0 Å². The summed E-state index contributed by atoms with van der Waals surface area (Å²) in [7, 11) is -3.45. The molecule has 0 spiro atoms. The maximum absolute atomic E-state index is 12.4. The Kier molecular flexibility index (Phi) is 5.75. The van der Waals surface area contributed by atoms with Gasteiger partial charge >= 0.3 is 0 Å². The zero-order valence-electron chi connectivity index (χ0n) is 12.6. The maximum atomic E-state index is 12.4. The smallest absolute Gasteiger partial charge is 0.240 e. The van der Waals surface area contributed by atoms with Gasteiger partial charge < -0.3 is 10.1 Å². The fraction of sp³-hybridized carbons (Fsp3) is 0.600. The van der Waals surface area contributed by atoms with Crippen LogP contribution in [0.4, 0.5) is 0 Å². The zero-order valence-corrected chi connectivity index (χ0v) is 13.4. The minimum atomic E-state index is -3.45. The van der Waals surface area contributed by atoms with Gasteiger partial charge in [-0.05, 0) is 30.5 Å². The molecule has 118 valence electrons. The summed E-state index contributed by atoms with van der Waals surface area (Å²) in [6.45, 7) is 6.02. The van der Waals surface area contributed by atoms with Crippen LogP contribution in [-0.2, 0) is 21.3 Å². The number of hydrogen-bond donors (Lipinski definition) is 2. The van der Waals surface area contributed by atoms with Gasteiger partial charge in [0, 0.05) is 31.8 Å². The van der Waals surface area contributed by atoms with Crippen LogP contribution in [0, 0.1) is 0 Å². The highest BCUT2D eigenvalue weighted by Gasteiger charge is 2.22. The zero-order chi connectivity index (χ0) is 15.3. The van der Waals surface area contributed by atoms with Gasteiger partial charge in [0.1, 0.15) is 0 Å². The minimum Gasteiger partial charge on any atom is -0.381 e. The molecular weight excluding hydrogens is 288 g/mol. The van der Waals surface area contributed by atoms with Crippen molar-refractivity contribution in [1.82, 2.24) is 10.0 Å². The lowest BCUT2D eigenvalue weighted by Crippen LogP contribution is -2.38. The minimum absolute atomic E-state index is 0.0267. The van der Waals surface area contributed by atoms with E-state index in [1.807, 2.05) is 6.07 Å². The van der Waals surface area contributed by atoms with Crippen LogP contribution in [0.1, 0.15) is 32.3 Å². The van der Waals surface area contributed by atoms with Crippen molar-refractivity contribution in [3.63, 3.8) is 0 Å². The highest BCUT2D eigenvalue weighted by atomic mass is 32.2. The second-order valence-corrected chi connectivity index (χ2v) is 7.40. The van der Waals surface area contributed by atoms with Crippen molar-refractivity contribution in [2.45, 2.75) is 50.2 Å². The SMILES string of the molecule is CC(C)NCc1cccc(S(=O)(=O)NC2CCOCC2)c1. The van der Waals surface area contributed by atoms with E-state index >= 15 is 0 Å². The molecule has 0 aliphatic carbocycles. The van der Waals surface area contributed by atoms with Crippen molar-refractivity contribution in [1.29, 1.82) is 0 Å². The number of benzene rings is 1. The van der Waals surface area contributed by atoms with Crippen molar-refractivity contribution >= 4 is 10.0 Å². The van der Waals surface area contributed by atoms with Crippen molar-refractivity contribution in [2.75, 3.05) is 13.2 Å². The molecule has 0 saturated carbocycles. The number of hydrogen-bond acceptors (Lipinski definition) is 4. The van der Waals surface area contributed by atoms with E-state index in [2.05, 4.69) is 23.9 Å². The summed E-state index contributed by atoms with van der Waals surface area (Å²) in [5, 5.41) is 3.29. The van der Waals surface area contributed by atoms with Crippen LogP contribution < -0.4 is 10.0 Å². The highest BCUT2D eigenvalue weighted by molar-refractivity contribution is 7.89. The molecule has 5 nitrogen and oxygen atoms in total. The van der Waals surface area contributed by atoms with Crippen LogP contribution in [0.3, 0.4) is 0 Å². The Hall–Kier alpha value is -0.950. The quantitative estimate of drug-likeness (QED) is 0.838. The lowest BCUT2D eigenvalue weighted by atomic mass is 10.1. The second-order valence-electron chi connectivity index (χ2n) is 5.69. The summed E-state index contributed by atoms with van der Waals surface area (Å²) in [6, 6.07) is 7.43. The molecule has 1 aromatic rings. The molecule has 1 fully saturated rings. The van der Waals surface area contributed by atoms with Gasteiger partial charge in [0.25, 0.3) is 0 Å². The third kappa shape index (κ3) is 5.07. The van der Waals surface area contributed by atoms with E-state index in [1.165, 1.54) is 0 Å². The Morgan fingerprint density at radius 2 is 2.00 bits per heavy atom. The molecule has 1 aliphatic rings. The Morgan fingerprint density at radius 1 is 1.29 bits per heavy atom. The molecule has 1 saturated heterocycles. The average molecular weight is 312 g/mol. The monoisotopic (exact) mass is 312 g/mol. The molecular formula is C15H24N2O3S. The van der Waals surface area contributed by atoms with Gasteiger partial charge in [0.15, 0.2) is 0 Å². The molecule has 0 bridgehead atoms. The van der Waals surface area contributed by atoms with Crippen molar-refractivity contribution in [3.8, 4) is 0 Å². The Morgan fingerprint density at radius 3 is 2.67 bits per heavy atom. The van der Waals surface area contributed by atoms with Crippen LogP contribution in [0.15, 0.2) is 29.2 Å². The van der Waals surface area contributed by atoms with E-state index in [4.69, 9.17) is 4.74 Å². The fourth-order valence-electron chi connectivity index (χ4n) is 2.25. The number of rotatable bonds is 6. The average Bonchev–Trinajstić information content (AvgIpc) is 2.46. The standard InChI is InChI=1S/C15H24N2O3S/c1-12(2)16-11-13-4-3-5-15(10-13)21(18,19)17-14-6-8-20-9-7-14/h3-5,10,12,14,16-17H,6-9,11H2,1-2H3. The first-order valence-corrected chi connectivity index (χ1v) is 8.88. The summed E-state index contributed by atoms with van der Waals surface area (Å²) in [5.74, 6) is 0. The third-order valence-electron chi connectivity index (χ3n) is 3.47. The molecule has 2 rings (SSSR count). The first kappa shape index (κ1) is 16.4. The molecule has 6 heteroatoms. The van der Waals surface area contributed by atoms with Gasteiger partial charge in [-0.3, -0.25) is 0 Å². The maximum Gasteiger partial charge on any atom is 0.240 e. The summed E-state index contributed by atoms with van der Waals surface area (Å²) in [4.78, 5) is 0.331. The molecule has 0 amide bonds. The van der Waals surface area contributed by atoms with Gasteiger partial charge in [0.2, 0.25) is 10.0 Å².